The van der Waals surface area contributed by atoms with E-state index in [1.165, 1.54) is 0 Å². The van der Waals surface area contributed by atoms with Gasteiger partial charge in [0.05, 0.1) is 5.51 Å². The molecule has 1 aromatic heterocycles. The molecular weight excluding hydrogens is 255 g/mol. The number of aromatic nitrogens is 1. The predicted molar refractivity (Wildman–Crippen MR) is 58.0 cm³/mol. The van der Waals surface area contributed by atoms with Gasteiger partial charge in [-0.25, -0.2) is 4.98 Å². The zero-order valence-electron chi connectivity index (χ0n) is 9.34. The summed E-state index contributed by atoms with van der Waals surface area (Å²) in [5.74, 6) is -0.735. The quantitative estimate of drug-likeness (QED) is 0.898. The maximum absolute atomic E-state index is 12.4. The first-order valence-electron chi connectivity index (χ1n) is 4.76. The van der Waals surface area contributed by atoms with Gasteiger partial charge in [0.1, 0.15) is 4.88 Å². The lowest BCUT2D eigenvalue weighted by Crippen LogP contribution is -2.32. The molecule has 0 aliphatic rings. The van der Waals surface area contributed by atoms with Crippen molar-refractivity contribution in [3.8, 4) is 0 Å². The lowest BCUT2D eigenvalue weighted by atomic mass is 10.3. The van der Waals surface area contributed by atoms with E-state index in [2.05, 4.69) is 10.3 Å². The third-order valence-electron chi connectivity index (χ3n) is 1.89. The first kappa shape index (κ1) is 13.9. The second-order valence-corrected chi connectivity index (χ2v) is 4.44. The number of alkyl halides is 3. The number of nitrogens with zero attached hydrogens (tertiary/aromatic N) is 2. The molecule has 0 aromatic carbocycles. The standard InChI is InChI=1S/C9H12F3N3OS/c1-15(2)4-3-13-8(16)6-7(9(10,11)12)14-5-17-6/h5H,3-4H2,1-2H3,(H,13,16). The Morgan fingerprint density at radius 2 is 2.18 bits per heavy atom. The van der Waals surface area contributed by atoms with Gasteiger partial charge in [0.25, 0.3) is 5.91 Å². The number of thiazole rings is 1. The van der Waals surface area contributed by atoms with Crippen molar-refractivity contribution in [1.29, 1.82) is 0 Å². The summed E-state index contributed by atoms with van der Waals surface area (Å²) < 4.78 is 37.3. The van der Waals surface area contributed by atoms with Crippen LogP contribution in [0.5, 0.6) is 0 Å². The highest BCUT2D eigenvalue weighted by atomic mass is 32.1. The van der Waals surface area contributed by atoms with E-state index in [-0.39, 0.29) is 0 Å². The number of likely N-dealkylation sites (N-methyl/N-ethyl adjacent to an activating group) is 1. The molecule has 0 aliphatic heterocycles. The molecule has 1 heterocycles. The zero-order valence-corrected chi connectivity index (χ0v) is 10.2. The van der Waals surface area contributed by atoms with E-state index in [9.17, 15) is 18.0 Å². The molecule has 0 fully saturated rings. The van der Waals surface area contributed by atoms with Crippen molar-refractivity contribution >= 4 is 17.2 Å². The molecule has 0 bridgehead atoms. The molecule has 1 N–H and O–H groups in total. The number of rotatable bonds is 4. The lowest BCUT2D eigenvalue weighted by molar-refractivity contribution is -0.141. The Labute approximate surface area is 100 Å². The summed E-state index contributed by atoms with van der Waals surface area (Å²) in [7, 11) is 3.61. The molecule has 96 valence electrons. The van der Waals surface area contributed by atoms with Gasteiger partial charge >= 0.3 is 6.18 Å². The number of carbonyl (C=O) groups is 1. The summed E-state index contributed by atoms with van der Waals surface area (Å²) in [6.45, 7) is 0.854. The van der Waals surface area contributed by atoms with Crippen LogP contribution < -0.4 is 5.32 Å². The largest absolute Gasteiger partial charge is 0.434 e. The number of carbonyl (C=O) groups excluding carboxylic acids is 1. The van der Waals surface area contributed by atoms with E-state index in [1.807, 2.05) is 4.90 Å². The van der Waals surface area contributed by atoms with Gasteiger partial charge in [0, 0.05) is 13.1 Å². The lowest BCUT2D eigenvalue weighted by Gasteiger charge is -2.10. The van der Waals surface area contributed by atoms with E-state index >= 15 is 0 Å². The molecule has 0 atom stereocenters. The fourth-order valence-electron chi connectivity index (χ4n) is 1.08. The summed E-state index contributed by atoms with van der Waals surface area (Å²) in [6.07, 6.45) is -4.59. The summed E-state index contributed by atoms with van der Waals surface area (Å²) in [5.41, 5.74) is -0.103. The molecule has 17 heavy (non-hydrogen) atoms. The van der Waals surface area contributed by atoms with Gasteiger partial charge in [0.15, 0.2) is 5.69 Å². The molecule has 0 saturated carbocycles. The number of amides is 1. The summed E-state index contributed by atoms with van der Waals surface area (Å²) in [6, 6.07) is 0. The molecule has 0 unspecified atom stereocenters. The summed E-state index contributed by atoms with van der Waals surface area (Å²) in [5, 5.41) is 2.42. The van der Waals surface area contributed by atoms with Gasteiger partial charge in [0.2, 0.25) is 0 Å². The Morgan fingerprint density at radius 1 is 1.53 bits per heavy atom. The van der Waals surface area contributed by atoms with Crippen molar-refractivity contribution < 1.29 is 18.0 Å². The van der Waals surface area contributed by atoms with Crippen molar-refractivity contribution in [3.63, 3.8) is 0 Å². The highest BCUT2D eigenvalue weighted by Crippen LogP contribution is 2.32. The monoisotopic (exact) mass is 267 g/mol. The van der Waals surface area contributed by atoms with Gasteiger partial charge in [-0.1, -0.05) is 0 Å². The Balaban J connectivity index is 2.67. The number of hydrogen-bond acceptors (Lipinski definition) is 4. The molecule has 0 saturated heterocycles. The van der Waals surface area contributed by atoms with Crippen LogP contribution in [-0.2, 0) is 6.18 Å². The average Bonchev–Trinajstić information content (AvgIpc) is 2.64. The molecule has 4 nitrogen and oxygen atoms in total. The van der Waals surface area contributed by atoms with Crippen LogP contribution in [-0.4, -0.2) is 43.0 Å². The number of hydrogen-bond donors (Lipinski definition) is 1. The molecule has 1 rings (SSSR count). The van der Waals surface area contributed by atoms with E-state index < -0.39 is 22.7 Å². The van der Waals surface area contributed by atoms with Crippen molar-refractivity contribution in [2.75, 3.05) is 27.2 Å². The summed E-state index contributed by atoms with van der Waals surface area (Å²) in [4.78, 5) is 16.1. The van der Waals surface area contributed by atoms with E-state index in [1.54, 1.807) is 14.1 Å². The first-order chi connectivity index (χ1) is 7.82. The van der Waals surface area contributed by atoms with Crippen LogP contribution in [0.15, 0.2) is 5.51 Å². The van der Waals surface area contributed by atoms with Gasteiger partial charge in [-0.3, -0.25) is 4.79 Å². The third-order valence-corrected chi connectivity index (χ3v) is 2.71. The van der Waals surface area contributed by atoms with Gasteiger partial charge < -0.3 is 10.2 Å². The molecule has 1 aromatic rings. The fraction of sp³-hybridized carbons (Fsp3) is 0.556. The summed E-state index contributed by atoms with van der Waals surface area (Å²) >= 11 is 0.687. The van der Waals surface area contributed by atoms with Crippen LogP contribution in [0.25, 0.3) is 0 Å². The topological polar surface area (TPSA) is 45.2 Å². The van der Waals surface area contributed by atoms with Gasteiger partial charge in [-0.05, 0) is 14.1 Å². The molecule has 8 heteroatoms. The van der Waals surface area contributed by atoms with Crippen LogP contribution in [0.3, 0.4) is 0 Å². The van der Waals surface area contributed by atoms with Crippen LogP contribution in [0.4, 0.5) is 13.2 Å². The molecule has 0 aliphatic carbocycles. The Kier molecular flexibility index (Phi) is 4.47. The van der Waals surface area contributed by atoms with Crippen LogP contribution in [0, 0.1) is 0 Å². The SMILES string of the molecule is CN(C)CCNC(=O)c1scnc1C(F)(F)F. The van der Waals surface area contributed by atoms with Crippen molar-refractivity contribution in [3.05, 3.63) is 16.1 Å². The maximum Gasteiger partial charge on any atom is 0.434 e. The van der Waals surface area contributed by atoms with Gasteiger partial charge in [-0.2, -0.15) is 13.2 Å². The maximum atomic E-state index is 12.4. The van der Waals surface area contributed by atoms with E-state index in [4.69, 9.17) is 0 Å². The Morgan fingerprint density at radius 3 is 2.71 bits per heavy atom. The van der Waals surface area contributed by atoms with Crippen LogP contribution >= 0.6 is 11.3 Å². The Hall–Kier alpha value is -1.15. The second-order valence-electron chi connectivity index (χ2n) is 3.59. The van der Waals surface area contributed by atoms with Crippen molar-refractivity contribution in [2.45, 2.75) is 6.18 Å². The van der Waals surface area contributed by atoms with Crippen molar-refractivity contribution in [2.24, 2.45) is 0 Å². The minimum atomic E-state index is -4.59. The molecular formula is C9H12F3N3OS. The number of nitrogens with one attached hydrogen (secondary N) is 1. The highest BCUT2D eigenvalue weighted by molar-refractivity contribution is 7.11. The predicted octanol–water partition coefficient (Wildman–Crippen LogP) is 1.45. The van der Waals surface area contributed by atoms with E-state index in [0.29, 0.717) is 24.4 Å². The van der Waals surface area contributed by atoms with Crippen LogP contribution in [0.2, 0.25) is 0 Å². The van der Waals surface area contributed by atoms with Gasteiger partial charge in [-0.15, -0.1) is 11.3 Å². The molecule has 0 radical (unpaired) electrons. The highest BCUT2D eigenvalue weighted by Gasteiger charge is 2.38. The molecule has 1 amide bonds. The second kappa shape index (κ2) is 5.46. The van der Waals surface area contributed by atoms with Crippen LogP contribution in [0.1, 0.15) is 15.4 Å². The Bertz CT molecular complexity index is 389. The van der Waals surface area contributed by atoms with E-state index in [0.717, 1.165) is 5.51 Å². The smallest absolute Gasteiger partial charge is 0.350 e. The zero-order chi connectivity index (χ0) is 13.1. The minimum absolute atomic E-state index is 0.293. The number of halogens is 3. The normalized spacial score (nSPS) is 11.9. The third kappa shape index (κ3) is 3.97. The minimum Gasteiger partial charge on any atom is -0.350 e. The first-order valence-corrected chi connectivity index (χ1v) is 5.64. The average molecular weight is 267 g/mol. The van der Waals surface area contributed by atoms with Crippen molar-refractivity contribution in [1.82, 2.24) is 15.2 Å². The fourth-order valence-corrected chi connectivity index (χ4v) is 1.81. The molecule has 0 spiro atoms.